The first-order valence-corrected chi connectivity index (χ1v) is 7.24. The van der Waals surface area contributed by atoms with Gasteiger partial charge in [-0.3, -0.25) is 4.79 Å². The predicted octanol–water partition coefficient (Wildman–Crippen LogP) is 3.86. The lowest BCUT2D eigenvalue weighted by atomic mass is 10.1. The summed E-state index contributed by atoms with van der Waals surface area (Å²) in [5, 5.41) is 11.3. The normalized spacial score (nSPS) is 10.3. The van der Waals surface area contributed by atoms with Crippen LogP contribution in [-0.4, -0.2) is 12.5 Å². The zero-order valence-corrected chi connectivity index (χ0v) is 13.2. The van der Waals surface area contributed by atoms with E-state index >= 15 is 0 Å². The topological polar surface area (TPSA) is 62.1 Å². The number of nitriles is 1. The molecule has 1 amide bonds. The second-order valence-corrected chi connectivity index (χ2v) is 5.16. The molecule has 0 spiro atoms. The van der Waals surface area contributed by atoms with Crippen molar-refractivity contribution in [2.45, 2.75) is 13.8 Å². The molecule has 23 heavy (non-hydrogen) atoms. The highest BCUT2D eigenvalue weighted by Crippen LogP contribution is 2.16. The monoisotopic (exact) mass is 306 g/mol. The van der Waals surface area contributed by atoms with Crippen molar-refractivity contribution in [3.8, 4) is 11.8 Å². The Morgan fingerprint density at radius 1 is 1.22 bits per heavy atom. The Bertz CT molecular complexity index is 756. The van der Waals surface area contributed by atoms with Crippen LogP contribution in [0.2, 0.25) is 0 Å². The first-order chi connectivity index (χ1) is 11.1. The molecule has 0 bridgehead atoms. The third-order valence-electron chi connectivity index (χ3n) is 3.25. The van der Waals surface area contributed by atoms with E-state index < -0.39 is 0 Å². The molecule has 0 heterocycles. The van der Waals surface area contributed by atoms with Gasteiger partial charge in [-0.15, -0.1) is 0 Å². The molecule has 2 aromatic rings. The molecule has 0 aliphatic rings. The van der Waals surface area contributed by atoms with Crippen LogP contribution in [0, 0.1) is 25.2 Å². The summed E-state index contributed by atoms with van der Waals surface area (Å²) >= 11 is 0. The van der Waals surface area contributed by atoms with E-state index in [1.54, 1.807) is 18.2 Å². The fraction of sp³-hybridized carbons (Fsp3) is 0.158. The van der Waals surface area contributed by atoms with Gasteiger partial charge in [0, 0.05) is 11.8 Å². The predicted molar refractivity (Wildman–Crippen MR) is 91.1 cm³/mol. The SMILES string of the molecule is Cc1ccc(NC(=O)/C=C/c2ccc(OCC#N)cc2)c(C)c1. The molecule has 0 atom stereocenters. The fourth-order valence-electron chi connectivity index (χ4n) is 2.09. The molecule has 0 saturated carbocycles. The summed E-state index contributed by atoms with van der Waals surface area (Å²) in [7, 11) is 0. The fourth-order valence-corrected chi connectivity index (χ4v) is 2.09. The van der Waals surface area contributed by atoms with E-state index in [0.29, 0.717) is 5.75 Å². The van der Waals surface area contributed by atoms with Crippen molar-refractivity contribution in [3.05, 3.63) is 65.2 Å². The van der Waals surface area contributed by atoms with Crippen LogP contribution in [0.25, 0.3) is 6.08 Å². The van der Waals surface area contributed by atoms with Gasteiger partial charge in [0.25, 0.3) is 0 Å². The van der Waals surface area contributed by atoms with Crippen LogP contribution < -0.4 is 10.1 Å². The highest BCUT2D eigenvalue weighted by Gasteiger charge is 2.01. The zero-order chi connectivity index (χ0) is 16.7. The summed E-state index contributed by atoms with van der Waals surface area (Å²) < 4.78 is 5.17. The van der Waals surface area contributed by atoms with Crippen LogP contribution in [0.15, 0.2) is 48.5 Å². The van der Waals surface area contributed by atoms with Gasteiger partial charge in [0.05, 0.1) is 0 Å². The van der Waals surface area contributed by atoms with E-state index in [4.69, 9.17) is 10.00 Å². The maximum absolute atomic E-state index is 12.0. The number of aryl methyl sites for hydroxylation is 2. The molecule has 4 nitrogen and oxygen atoms in total. The number of rotatable bonds is 5. The van der Waals surface area contributed by atoms with Crippen molar-refractivity contribution in [2.24, 2.45) is 0 Å². The standard InChI is InChI=1S/C19H18N2O2/c1-14-3-9-18(15(2)13-14)21-19(22)10-6-16-4-7-17(8-5-16)23-12-11-20/h3-10,13H,12H2,1-2H3,(H,21,22)/b10-6+. The molecule has 2 aromatic carbocycles. The van der Waals surface area contributed by atoms with Crippen molar-refractivity contribution < 1.29 is 9.53 Å². The number of ether oxygens (including phenoxy) is 1. The number of anilines is 1. The first-order valence-electron chi connectivity index (χ1n) is 7.24. The number of hydrogen-bond acceptors (Lipinski definition) is 3. The molecule has 1 N–H and O–H groups in total. The highest BCUT2D eigenvalue weighted by molar-refractivity contribution is 6.02. The van der Waals surface area contributed by atoms with Gasteiger partial charge in [-0.25, -0.2) is 0 Å². The van der Waals surface area contributed by atoms with Crippen LogP contribution in [0.1, 0.15) is 16.7 Å². The van der Waals surface area contributed by atoms with Crippen LogP contribution in [0.4, 0.5) is 5.69 Å². The molecular formula is C19H18N2O2. The third-order valence-corrected chi connectivity index (χ3v) is 3.25. The summed E-state index contributed by atoms with van der Waals surface area (Å²) in [6.07, 6.45) is 3.22. The molecule has 4 heteroatoms. The number of nitrogens with zero attached hydrogens (tertiary/aromatic N) is 1. The van der Waals surface area contributed by atoms with Crippen molar-refractivity contribution in [2.75, 3.05) is 11.9 Å². The van der Waals surface area contributed by atoms with E-state index in [0.717, 1.165) is 22.4 Å². The molecular weight excluding hydrogens is 288 g/mol. The van der Waals surface area contributed by atoms with Crippen molar-refractivity contribution >= 4 is 17.7 Å². The zero-order valence-electron chi connectivity index (χ0n) is 13.2. The van der Waals surface area contributed by atoms with Crippen molar-refractivity contribution in [3.63, 3.8) is 0 Å². The Kier molecular flexibility index (Phi) is 5.54. The van der Waals surface area contributed by atoms with Gasteiger partial charge in [0.2, 0.25) is 5.91 Å². The maximum Gasteiger partial charge on any atom is 0.248 e. The summed E-state index contributed by atoms with van der Waals surface area (Å²) in [5.74, 6) is 0.449. The Balaban J connectivity index is 1.96. The maximum atomic E-state index is 12.0. The van der Waals surface area contributed by atoms with Gasteiger partial charge in [-0.2, -0.15) is 5.26 Å². The van der Waals surface area contributed by atoms with Gasteiger partial charge in [0.1, 0.15) is 11.8 Å². The summed E-state index contributed by atoms with van der Waals surface area (Å²) in [5.41, 5.74) is 3.89. The first kappa shape index (κ1) is 16.3. The van der Waals surface area contributed by atoms with E-state index in [2.05, 4.69) is 5.32 Å². The van der Waals surface area contributed by atoms with E-state index in [-0.39, 0.29) is 12.5 Å². The van der Waals surface area contributed by atoms with Crippen LogP contribution >= 0.6 is 0 Å². The summed E-state index contributed by atoms with van der Waals surface area (Å²) in [6.45, 7) is 4.00. The average molecular weight is 306 g/mol. The largest absolute Gasteiger partial charge is 0.479 e. The van der Waals surface area contributed by atoms with Gasteiger partial charge in [-0.05, 0) is 49.2 Å². The van der Waals surface area contributed by atoms with E-state index in [1.165, 1.54) is 6.08 Å². The number of amides is 1. The van der Waals surface area contributed by atoms with Crippen LogP contribution in [-0.2, 0) is 4.79 Å². The van der Waals surface area contributed by atoms with E-state index in [1.807, 2.05) is 50.2 Å². The lowest BCUT2D eigenvalue weighted by Crippen LogP contribution is -2.08. The number of hydrogen-bond donors (Lipinski definition) is 1. The Morgan fingerprint density at radius 3 is 2.61 bits per heavy atom. The second-order valence-electron chi connectivity index (χ2n) is 5.16. The minimum absolute atomic E-state index is 0.0213. The quantitative estimate of drug-likeness (QED) is 0.853. The molecule has 2 rings (SSSR count). The van der Waals surface area contributed by atoms with Gasteiger partial charge in [-0.1, -0.05) is 29.8 Å². The smallest absolute Gasteiger partial charge is 0.248 e. The summed E-state index contributed by atoms with van der Waals surface area (Å²) in [4.78, 5) is 12.0. The van der Waals surface area contributed by atoms with Gasteiger partial charge < -0.3 is 10.1 Å². The molecule has 116 valence electrons. The number of benzene rings is 2. The number of nitrogens with one attached hydrogen (secondary N) is 1. The van der Waals surface area contributed by atoms with Gasteiger partial charge in [0.15, 0.2) is 6.61 Å². The van der Waals surface area contributed by atoms with Crippen LogP contribution in [0.3, 0.4) is 0 Å². The average Bonchev–Trinajstić information content (AvgIpc) is 2.54. The number of carbonyl (C=O) groups excluding carboxylic acids is 1. The Hall–Kier alpha value is -3.06. The second kappa shape index (κ2) is 7.81. The third kappa shape index (κ3) is 5.01. The van der Waals surface area contributed by atoms with Crippen LogP contribution in [0.5, 0.6) is 5.75 Å². The lowest BCUT2D eigenvalue weighted by molar-refractivity contribution is -0.111. The molecule has 0 aliphatic carbocycles. The Morgan fingerprint density at radius 2 is 1.96 bits per heavy atom. The molecule has 0 aliphatic heterocycles. The van der Waals surface area contributed by atoms with Gasteiger partial charge >= 0.3 is 0 Å². The molecule has 0 fully saturated rings. The summed E-state index contributed by atoms with van der Waals surface area (Å²) in [6, 6.07) is 15.0. The molecule has 0 aromatic heterocycles. The highest BCUT2D eigenvalue weighted by atomic mass is 16.5. The van der Waals surface area contributed by atoms with E-state index in [9.17, 15) is 4.79 Å². The molecule has 0 radical (unpaired) electrons. The molecule has 0 unspecified atom stereocenters. The molecule has 0 saturated heterocycles. The minimum atomic E-state index is -0.179. The van der Waals surface area contributed by atoms with Crippen molar-refractivity contribution in [1.29, 1.82) is 5.26 Å². The number of carbonyl (C=O) groups is 1. The lowest BCUT2D eigenvalue weighted by Gasteiger charge is -2.07. The Labute approximate surface area is 136 Å². The van der Waals surface area contributed by atoms with Crippen molar-refractivity contribution in [1.82, 2.24) is 0 Å². The minimum Gasteiger partial charge on any atom is -0.479 e.